The Morgan fingerprint density at radius 3 is 2.72 bits per heavy atom. The van der Waals surface area contributed by atoms with Gasteiger partial charge < -0.3 is 10.6 Å². The van der Waals surface area contributed by atoms with Crippen LogP contribution >= 0.6 is 0 Å². The summed E-state index contributed by atoms with van der Waals surface area (Å²) in [5.74, 6) is 0.697. The topological polar surface area (TPSA) is 41.6 Å². The number of benzene rings is 1. The van der Waals surface area contributed by atoms with Gasteiger partial charge in [-0.15, -0.1) is 0 Å². The Balaban J connectivity index is 1.98. The minimum absolute atomic E-state index is 0.163. The number of rotatable bonds is 1. The third kappa shape index (κ3) is 1.78. The molecule has 1 fully saturated rings. The summed E-state index contributed by atoms with van der Waals surface area (Å²) in [6, 6.07) is 8.59. The van der Waals surface area contributed by atoms with Crippen LogP contribution in [-0.2, 0) is 0 Å². The van der Waals surface area contributed by atoms with Gasteiger partial charge in [-0.2, -0.15) is 0 Å². The van der Waals surface area contributed by atoms with Crippen molar-refractivity contribution < 1.29 is 0 Å². The zero-order chi connectivity index (χ0) is 12.6. The van der Waals surface area contributed by atoms with E-state index in [0.717, 1.165) is 6.54 Å². The highest BCUT2D eigenvalue weighted by Crippen LogP contribution is 2.39. The molecule has 1 saturated carbocycles. The minimum atomic E-state index is 0.163. The lowest BCUT2D eigenvalue weighted by Crippen LogP contribution is -2.53. The Kier molecular flexibility index (Phi) is 2.77. The molecule has 3 heteroatoms. The van der Waals surface area contributed by atoms with E-state index in [4.69, 9.17) is 5.73 Å². The summed E-state index contributed by atoms with van der Waals surface area (Å²) in [4.78, 5) is 6.81. The van der Waals surface area contributed by atoms with Gasteiger partial charge >= 0.3 is 0 Å². The second-order valence-electron chi connectivity index (χ2n) is 5.63. The van der Waals surface area contributed by atoms with Crippen LogP contribution in [-0.4, -0.2) is 18.0 Å². The average molecular weight is 243 g/mol. The molecule has 1 aliphatic carbocycles. The first-order valence-electron chi connectivity index (χ1n) is 6.88. The van der Waals surface area contributed by atoms with Gasteiger partial charge in [-0.25, -0.2) is 0 Å². The van der Waals surface area contributed by atoms with Crippen molar-refractivity contribution in [3.05, 3.63) is 29.8 Å². The molecule has 2 N–H and O–H groups in total. The van der Waals surface area contributed by atoms with Crippen LogP contribution in [0.4, 0.5) is 5.69 Å². The van der Waals surface area contributed by atoms with E-state index in [1.54, 1.807) is 0 Å². The van der Waals surface area contributed by atoms with Crippen LogP contribution < -0.4 is 10.6 Å². The normalized spacial score (nSPS) is 22.3. The molecule has 0 bridgehead atoms. The molecular weight excluding hydrogens is 222 g/mol. The Morgan fingerprint density at radius 1 is 1.22 bits per heavy atom. The summed E-state index contributed by atoms with van der Waals surface area (Å²) in [5.41, 5.74) is 8.79. The van der Waals surface area contributed by atoms with Gasteiger partial charge in [0.1, 0.15) is 0 Å². The lowest BCUT2D eigenvalue weighted by molar-refractivity contribution is 0.317. The van der Waals surface area contributed by atoms with E-state index in [9.17, 15) is 0 Å². The lowest BCUT2D eigenvalue weighted by atomic mass is 9.80. The number of hydrogen-bond acceptors (Lipinski definition) is 3. The lowest BCUT2D eigenvalue weighted by Gasteiger charge is -2.42. The van der Waals surface area contributed by atoms with Crippen LogP contribution in [0.2, 0.25) is 0 Å². The van der Waals surface area contributed by atoms with E-state index in [0.29, 0.717) is 5.96 Å². The van der Waals surface area contributed by atoms with Crippen molar-refractivity contribution in [2.24, 2.45) is 10.7 Å². The van der Waals surface area contributed by atoms with Crippen molar-refractivity contribution >= 4 is 11.6 Å². The molecule has 1 heterocycles. The van der Waals surface area contributed by atoms with Gasteiger partial charge in [-0.05, 0) is 37.5 Å². The second-order valence-corrected chi connectivity index (χ2v) is 5.63. The Hall–Kier alpha value is -1.51. The van der Waals surface area contributed by atoms with E-state index < -0.39 is 0 Å². The summed E-state index contributed by atoms with van der Waals surface area (Å²) in [6.07, 6.45) is 6.37. The van der Waals surface area contributed by atoms with Crippen molar-refractivity contribution in [3.63, 3.8) is 0 Å². The molecule has 1 aliphatic heterocycles. The summed E-state index contributed by atoms with van der Waals surface area (Å²) in [5, 5.41) is 0. The predicted octanol–water partition coefficient (Wildman–Crippen LogP) is 2.83. The van der Waals surface area contributed by atoms with Gasteiger partial charge in [-0.1, -0.05) is 31.4 Å². The zero-order valence-corrected chi connectivity index (χ0v) is 11.0. The van der Waals surface area contributed by atoms with Crippen molar-refractivity contribution in [1.29, 1.82) is 0 Å². The first-order valence-corrected chi connectivity index (χ1v) is 6.88. The molecule has 18 heavy (non-hydrogen) atoms. The Labute approximate surface area is 109 Å². The molecule has 0 amide bonds. The smallest absolute Gasteiger partial charge is 0.196 e. The Morgan fingerprint density at radius 2 is 2.00 bits per heavy atom. The number of anilines is 1. The molecule has 1 spiro atoms. The summed E-state index contributed by atoms with van der Waals surface area (Å²) in [6.45, 7) is 2.99. The highest BCUT2D eigenvalue weighted by Gasteiger charge is 2.43. The summed E-state index contributed by atoms with van der Waals surface area (Å²) >= 11 is 0. The number of nitrogens with zero attached hydrogens (tertiary/aromatic N) is 2. The Bertz CT molecular complexity index is 472. The van der Waals surface area contributed by atoms with Gasteiger partial charge in [0.2, 0.25) is 0 Å². The van der Waals surface area contributed by atoms with Gasteiger partial charge in [0.25, 0.3) is 0 Å². The number of aliphatic imine (C=N–C) groups is 1. The first-order chi connectivity index (χ1) is 8.71. The molecule has 0 radical (unpaired) electrons. The van der Waals surface area contributed by atoms with Gasteiger partial charge in [0.05, 0.1) is 12.1 Å². The quantitative estimate of drug-likeness (QED) is 0.824. The molecule has 96 valence electrons. The highest BCUT2D eigenvalue weighted by atomic mass is 15.4. The fourth-order valence-electron chi connectivity index (χ4n) is 3.38. The molecule has 3 rings (SSSR count). The molecule has 1 aromatic rings. The first kappa shape index (κ1) is 11.6. The van der Waals surface area contributed by atoms with Crippen LogP contribution in [0.3, 0.4) is 0 Å². The fourth-order valence-corrected chi connectivity index (χ4v) is 3.38. The summed E-state index contributed by atoms with van der Waals surface area (Å²) < 4.78 is 0. The van der Waals surface area contributed by atoms with E-state index in [-0.39, 0.29) is 5.54 Å². The average Bonchev–Trinajstić information content (AvgIpc) is 2.67. The molecular formula is C15H21N3. The van der Waals surface area contributed by atoms with Crippen molar-refractivity contribution in [2.45, 2.75) is 44.6 Å². The molecule has 0 aromatic heterocycles. The predicted molar refractivity (Wildman–Crippen MR) is 76.0 cm³/mol. The van der Waals surface area contributed by atoms with Crippen LogP contribution in [0.5, 0.6) is 0 Å². The SMILES string of the molecule is Cc1cccc(N2C(N)=NCC23CCCCC3)c1. The van der Waals surface area contributed by atoms with Gasteiger partial charge in [0.15, 0.2) is 5.96 Å². The van der Waals surface area contributed by atoms with Crippen molar-refractivity contribution in [3.8, 4) is 0 Å². The van der Waals surface area contributed by atoms with Gasteiger partial charge in [0, 0.05) is 5.69 Å². The maximum atomic E-state index is 6.14. The number of aryl methyl sites for hydroxylation is 1. The molecule has 2 aliphatic rings. The van der Waals surface area contributed by atoms with E-state index in [1.165, 1.54) is 43.4 Å². The highest BCUT2D eigenvalue weighted by molar-refractivity contribution is 5.98. The van der Waals surface area contributed by atoms with E-state index in [1.807, 2.05) is 0 Å². The van der Waals surface area contributed by atoms with E-state index in [2.05, 4.69) is 41.1 Å². The third-order valence-electron chi connectivity index (χ3n) is 4.28. The standard InChI is InChI=1S/C15H21N3/c1-12-6-5-7-13(10-12)18-14(16)17-11-15(18)8-3-2-4-9-15/h5-7,10H,2-4,8-9,11H2,1H3,(H2,16,17). The number of hydrogen-bond donors (Lipinski definition) is 1. The van der Waals surface area contributed by atoms with Crippen molar-refractivity contribution in [2.75, 3.05) is 11.4 Å². The third-order valence-corrected chi connectivity index (χ3v) is 4.28. The number of guanidine groups is 1. The summed E-state index contributed by atoms with van der Waals surface area (Å²) in [7, 11) is 0. The zero-order valence-electron chi connectivity index (χ0n) is 11.0. The van der Waals surface area contributed by atoms with Crippen LogP contribution in [0, 0.1) is 6.92 Å². The van der Waals surface area contributed by atoms with E-state index >= 15 is 0 Å². The maximum Gasteiger partial charge on any atom is 0.196 e. The molecule has 0 atom stereocenters. The molecule has 3 nitrogen and oxygen atoms in total. The molecule has 0 saturated heterocycles. The van der Waals surface area contributed by atoms with Gasteiger partial charge in [-0.3, -0.25) is 4.99 Å². The minimum Gasteiger partial charge on any atom is -0.369 e. The monoisotopic (exact) mass is 243 g/mol. The molecule has 0 unspecified atom stereocenters. The van der Waals surface area contributed by atoms with Crippen LogP contribution in [0.25, 0.3) is 0 Å². The van der Waals surface area contributed by atoms with Crippen molar-refractivity contribution in [1.82, 2.24) is 0 Å². The maximum absolute atomic E-state index is 6.14. The van der Waals surface area contributed by atoms with Crippen LogP contribution in [0.1, 0.15) is 37.7 Å². The largest absolute Gasteiger partial charge is 0.369 e. The van der Waals surface area contributed by atoms with Crippen LogP contribution in [0.15, 0.2) is 29.3 Å². The fraction of sp³-hybridized carbons (Fsp3) is 0.533. The number of nitrogens with two attached hydrogens (primary N) is 1. The molecule has 1 aromatic carbocycles. The second kappa shape index (κ2) is 4.30.